The van der Waals surface area contributed by atoms with Gasteiger partial charge in [0.15, 0.2) is 0 Å². The summed E-state index contributed by atoms with van der Waals surface area (Å²) in [5.74, 6) is -1.35. The maximum atomic E-state index is 13.5. The van der Waals surface area contributed by atoms with Crippen molar-refractivity contribution in [2.24, 2.45) is 5.92 Å². The average Bonchev–Trinajstić information content (AvgIpc) is 3.09. The van der Waals surface area contributed by atoms with Crippen LogP contribution in [-0.2, 0) is 24.8 Å². The number of hydrogen-bond donors (Lipinski definition) is 1. The van der Waals surface area contributed by atoms with Gasteiger partial charge in [-0.15, -0.1) is 0 Å². The van der Waals surface area contributed by atoms with E-state index in [1.807, 2.05) is 6.92 Å². The zero-order valence-corrected chi connectivity index (χ0v) is 15.9. The molecule has 0 spiro atoms. The molecule has 9 heteroatoms. The van der Waals surface area contributed by atoms with Crippen molar-refractivity contribution in [2.75, 3.05) is 12.8 Å². The predicted molar refractivity (Wildman–Crippen MR) is 92.3 cm³/mol. The second-order valence-electron chi connectivity index (χ2n) is 6.69. The Hall–Kier alpha value is -1.29. The Bertz CT molecular complexity index is 882. The fourth-order valence-corrected chi connectivity index (χ4v) is 8.96. The SMILES string of the molecule is CCC[C@H]1C(=O)[N+](S(C)(=O)=O)(S(=O)(=O)c2ccccc2)[C@H]2CCN[C@H]12. The molecule has 138 valence electrons. The summed E-state index contributed by atoms with van der Waals surface area (Å²) in [5, 5.41) is 3.17. The Labute approximate surface area is 148 Å². The first kappa shape index (κ1) is 18.5. The number of quaternary nitrogens is 1. The molecule has 1 unspecified atom stereocenters. The molecule has 7 nitrogen and oxygen atoms in total. The lowest BCUT2D eigenvalue weighted by atomic mass is 9.95. The van der Waals surface area contributed by atoms with E-state index in [9.17, 15) is 21.6 Å². The number of nitrogens with zero attached hydrogens (tertiary/aromatic N) is 1. The van der Waals surface area contributed by atoms with E-state index in [2.05, 4.69) is 5.32 Å². The Kier molecular flexibility index (Phi) is 4.55. The molecule has 1 amide bonds. The van der Waals surface area contributed by atoms with E-state index in [-0.39, 0.29) is 4.90 Å². The van der Waals surface area contributed by atoms with Gasteiger partial charge in [-0.1, -0.05) is 31.5 Å². The number of amides is 1. The molecule has 0 aromatic heterocycles. The highest BCUT2D eigenvalue weighted by Crippen LogP contribution is 2.46. The Morgan fingerprint density at radius 1 is 1.16 bits per heavy atom. The summed E-state index contributed by atoms with van der Waals surface area (Å²) in [6, 6.07) is 6.15. The molecule has 2 heterocycles. The van der Waals surface area contributed by atoms with Crippen LogP contribution in [0.1, 0.15) is 26.2 Å². The molecule has 0 radical (unpaired) electrons. The highest BCUT2D eigenvalue weighted by molar-refractivity contribution is 7.98. The van der Waals surface area contributed by atoms with Crippen molar-refractivity contribution >= 4 is 26.0 Å². The summed E-state index contributed by atoms with van der Waals surface area (Å²) in [6.45, 7) is 2.40. The van der Waals surface area contributed by atoms with Gasteiger partial charge in [-0.3, -0.25) is 0 Å². The van der Waals surface area contributed by atoms with Gasteiger partial charge < -0.3 is 5.32 Å². The molecule has 0 aliphatic carbocycles. The van der Waals surface area contributed by atoms with Crippen LogP contribution in [0.15, 0.2) is 35.2 Å². The lowest BCUT2D eigenvalue weighted by molar-refractivity contribution is -0.612. The molecule has 2 fully saturated rings. The van der Waals surface area contributed by atoms with Gasteiger partial charge in [0.1, 0.15) is 10.9 Å². The lowest BCUT2D eigenvalue weighted by Gasteiger charge is -2.32. The first-order valence-electron chi connectivity index (χ1n) is 8.36. The summed E-state index contributed by atoms with van der Waals surface area (Å²) in [6.07, 6.45) is 2.33. The van der Waals surface area contributed by atoms with Gasteiger partial charge in [0.05, 0.1) is 18.2 Å². The topological polar surface area (TPSA) is 97.4 Å². The maximum absolute atomic E-state index is 13.5. The van der Waals surface area contributed by atoms with E-state index in [0.29, 0.717) is 25.8 Å². The Morgan fingerprint density at radius 2 is 1.80 bits per heavy atom. The summed E-state index contributed by atoms with van der Waals surface area (Å²) >= 11 is 0. The van der Waals surface area contributed by atoms with Crippen molar-refractivity contribution in [3.8, 4) is 0 Å². The van der Waals surface area contributed by atoms with Gasteiger partial charge in [0.2, 0.25) is 0 Å². The molecule has 1 N–H and O–H groups in total. The lowest BCUT2D eigenvalue weighted by Crippen LogP contribution is -2.62. The second kappa shape index (κ2) is 6.15. The van der Waals surface area contributed by atoms with E-state index in [1.54, 1.807) is 6.07 Å². The maximum Gasteiger partial charge on any atom is 0.349 e. The minimum atomic E-state index is -4.45. The number of rotatable bonds is 5. The fraction of sp³-hybridized carbons (Fsp3) is 0.562. The smallest absolute Gasteiger partial charge is 0.308 e. The highest BCUT2D eigenvalue weighted by atomic mass is 32.3. The summed E-state index contributed by atoms with van der Waals surface area (Å²) in [7, 11) is -8.72. The molecule has 2 aliphatic rings. The number of benzene rings is 1. The van der Waals surface area contributed by atoms with E-state index in [4.69, 9.17) is 0 Å². The molecule has 3 rings (SSSR count). The van der Waals surface area contributed by atoms with Crippen LogP contribution in [0.25, 0.3) is 0 Å². The van der Waals surface area contributed by atoms with Crippen molar-refractivity contribution in [3.05, 3.63) is 30.3 Å². The largest absolute Gasteiger partial charge is 0.349 e. The first-order valence-corrected chi connectivity index (χ1v) is 11.7. The van der Waals surface area contributed by atoms with Gasteiger partial charge in [-0.25, -0.2) is 4.79 Å². The van der Waals surface area contributed by atoms with Crippen molar-refractivity contribution < 1.29 is 24.9 Å². The monoisotopic (exact) mass is 387 g/mol. The first-order chi connectivity index (χ1) is 11.7. The molecule has 2 saturated heterocycles. The van der Waals surface area contributed by atoms with Crippen molar-refractivity contribution in [1.82, 2.24) is 5.32 Å². The van der Waals surface area contributed by atoms with Crippen molar-refractivity contribution in [1.29, 1.82) is 0 Å². The number of sulfonamides is 2. The highest BCUT2D eigenvalue weighted by Gasteiger charge is 2.73. The van der Waals surface area contributed by atoms with Crippen LogP contribution in [0.2, 0.25) is 0 Å². The van der Waals surface area contributed by atoms with Crippen LogP contribution in [0.3, 0.4) is 0 Å². The van der Waals surface area contributed by atoms with E-state index in [1.165, 1.54) is 24.3 Å². The molecular weight excluding hydrogens is 364 g/mol. The Balaban J connectivity index is 2.31. The second-order valence-corrected chi connectivity index (χ2v) is 11.0. The zero-order valence-electron chi connectivity index (χ0n) is 14.3. The van der Waals surface area contributed by atoms with Crippen LogP contribution < -0.4 is 5.32 Å². The summed E-state index contributed by atoms with van der Waals surface area (Å²) in [5.41, 5.74) is 0. The normalized spacial score (nSPS) is 32.7. The van der Waals surface area contributed by atoms with E-state index < -0.39 is 47.2 Å². The van der Waals surface area contributed by atoms with Crippen molar-refractivity contribution in [3.63, 3.8) is 0 Å². The number of carbonyl (C=O) groups is 1. The van der Waals surface area contributed by atoms with E-state index in [0.717, 1.165) is 6.26 Å². The van der Waals surface area contributed by atoms with Crippen LogP contribution in [0.4, 0.5) is 0 Å². The van der Waals surface area contributed by atoms with Gasteiger partial charge in [0, 0.05) is 13.0 Å². The van der Waals surface area contributed by atoms with Gasteiger partial charge >= 0.3 is 26.0 Å². The van der Waals surface area contributed by atoms with Crippen LogP contribution in [0, 0.1) is 5.92 Å². The molecule has 1 aromatic rings. The third-order valence-electron chi connectivity index (χ3n) is 5.22. The standard InChI is InChI=1S/C16H23N2O5S2/c1-3-7-13-15-14(10-11-17-15)18(16(13)19,24(2,20)21)25(22,23)12-8-5-4-6-9-12/h4-6,8-9,13-15,17H,3,7,10-11H2,1-2H3/q+1/t13-,14+,15-,18?/m1/s1. The van der Waals surface area contributed by atoms with Gasteiger partial charge in [0.25, 0.3) is 0 Å². The number of carbonyl (C=O) groups excluding carboxylic acids is 1. The molecule has 0 saturated carbocycles. The predicted octanol–water partition coefficient (Wildman–Crippen LogP) is 0.839. The zero-order chi connectivity index (χ0) is 18.5. The molecule has 4 atom stereocenters. The molecule has 25 heavy (non-hydrogen) atoms. The number of nitrogens with one attached hydrogen (secondary N) is 1. The van der Waals surface area contributed by atoms with Gasteiger partial charge in [-0.2, -0.15) is 16.8 Å². The summed E-state index contributed by atoms with van der Waals surface area (Å²) in [4.78, 5) is 13.1. The summed E-state index contributed by atoms with van der Waals surface area (Å²) < 4.78 is 51.1. The van der Waals surface area contributed by atoms with Crippen LogP contribution in [0.5, 0.6) is 0 Å². The third-order valence-corrected chi connectivity index (χ3v) is 10.1. The third kappa shape index (κ3) is 2.40. The molecule has 1 aromatic carbocycles. The molecule has 2 aliphatic heterocycles. The quantitative estimate of drug-likeness (QED) is 0.752. The molecule has 0 bridgehead atoms. The van der Waals surface area contributed by atoms with Crippen LogP contribution in [-0.4, -0.2) is 50.9 Å². The van der Waals surface area contributed by atoms with Crippen LogP contribution >= 0.6 is 0 Å². The Morgan fingerprint density at radius 3 is 2.36 bits per heavy atom. The number of fused-ring (bicyclic) bond motifs is 1. The molecular formula is C16H23N2O5S2+. The van der Waals surface area contributed by atoms with Gasteiger partial charge in [-0.05, 0) is 21.8 Å². The van der Waals surface area contributed by atoms with E-state index >= 15 is 0 Å². The minimum absolute atomic E-state index is 0.142. The fourth-order valence-electron chi connectivity index (χ4n) is 4.30. The van der Waals surface area contributed by atoms with Crippen molar-refractivity contribution in [2.45, 2.75) is 43.2 Å². The number of hydrogen-bond acceptors (Lipinski definition) is 6. The minimum Gasteiger partial charge on any atom is -0.308 e. The average molecular weight is 388 g/mol.